The lowest BCUT2D eigenvalue weighted by Crippen LogP contribution is -2.18. The van der Waals surface area contributed by atoms with Gasteiger partial charge in [0.2, 0.25) is 5.88 Å². The number of benzene rings is 1. The zero-order chi connectivity index (χ0) is 21.3. The van der Waals surface area contributed by atoms with Gasteiger partial charge in [0.05, 0.1) is 7.11 Å². The number of ether oxygens (including phenoxy) is 2. The minimum absolute atomic E-state index is 0.0114. The van der Waals surface area contributed by atoms with Crippen molar-refractivity contribution in [1.82, 2.24) is 9.97 Å². The lowest BCUT2D eigenvalue weighted by molar-refractivity contribution is -0.0555. The van der Waals surface area contributed by atoms with E-state index in [-0.39, 0.29) is 20.7 Å². The molecule has 2 heterocycles. The summed E-state index contributed by atoms with van der Waals surface area (Å²) in [6, 6.07) is 4.58. The predicted octanol–water partition coefficient (Wildman–Crippen LogP) is 3.13. The van der Waals surface area contributed by atoms with E-state index >= 15 is 0 Å². The molecule has 0 aliphatic heterocycles. The summed E-state index contributed by atoms with van der Waals surface area (Å²) in [5.74, 6) is -2.92. The average Bonchev–Trinajstić information content (AvgIpc) is 2.63. The second-order valence-electron chi connectivity index (χ2n) is 5.49. The molecule has 0 unspecified atom stereocenters. The number of nitrogens with one attached hydrogen (secondary N) is 2. The molecule has 1 aromatic carbocycles. The van der Waals surface area contributed by atoms with Gasteiger partial charge in [-0.1, -0.05) is 17.7 Å². The maximum atomic E-state index is 14.0. The Labute approximate surface area is 166 Å². The number of alkyl halides is 2. The van der Waals surface area contributed by atoms with Crippen LogP contribution >= 0.6 is 11.6 Å². The van der Waals surface area contributed by atoms with E-state index in [1.807, 2.05) is 4.72 Å². The monoisotopic (exact) mass is 449 g/mol. The van der Waals surface area contributed by atoms with Crippen molar-refractivity contribution in [2.24, 2.45) is 0 Å². The number of anilines is 1. The fourth-order valence-corrected chi connectivity index (χ4v) is 3.88. The second kappa shape index (κ2) is 7.79. The van der Waals surface area contributed by atoms with E-state index in [4.69, 9.17) is 16.3 Å². The molecule has 0 atom stereocenters. The molecule has 0 fully saturated rings. The zero-order valence-corrected chi connectivity index (χ0v) is 15.9. The van der Waals surface area contributed by atoms with Crippen molar-refractivity contribution >= 4 is 38.1 Å². The second-order valence-corrected chi connectivity index (χ2v) is 7.58. The summed E-state index contributed by atoms with van der Waals surface area (Å²) in [4.78, 5) is 17.3. The van der Waals surface area contributed by atoms with Gasteiger partial charge in [0, 0.05) is 28.1 Å². The molecule has 0 aliphatic carbocycles. The molecule has 2 aromatic heterocycles. The molecular formula is C16H11ClF3N3O5S. The van der Waals surface area contributed by atoms with Crippen LogP contribution in [0.1, 0.15) is 0 Å². The van der Waals surface area contributed by atoms with Gasteiger partial charge in [-0.3, -0.25) is 9.52 Å². The van der Waals surface area contributed by atoms with Gasteiger partial charge in [-0.25, -0.2) is 12.8 Å². The fraction of sp³-hybridized carbons (Fsp3) is 0.125. The normalized spacial score (nSPS) is 11.7. The fourth-order valence-electron chi connectivity index (χ4n) is 2.48. The van der Waals surface area contributed by atoms with Gasteiger partial charge in [-0.15, -0.1) is 0 Å². The summed E-state index contributed by atoms with van der Waals surface area (Å²) in [5, 5.41) is 0.279. The van der Waals surface area contributed by atoms with E-state index in [1.165, 1.54) is 18.2 Å². The summed E-state index contributed by atoms with van der Waals surface area (Å²) in [7, 11) is -3.32. The summed E-state index contributed by atoms with van der Waals surface area (Å²) in [5.41, 5.74) is -1.04. The minimum Gasteiger partial charge on any atom is -0.479 e. The van der Waals surface area contributed by atoms with Crippen LogP contribution in [-0.2, 0) is 10.0 Å². The van der Waals surface area contributed by atoms with E-state index in [2.05, 4.69) is 14.7 Å². The molecule has 3 aromatic rings. The Balaban J connectivity index is 2.09. The van der Waals surface area contributed by atoms with Crippen LogP contribution in [0, 0.1) is 5.82 Å². The third-order valence-electron chi connectivity index (χ3n) is 3.66. The van der Waals surface area contributed by atoms with Gasteiger partial charge in [0.15, 0.2) is 5.82 Å². The van der Waals surface area contributed by atoms with Crippen LogP contribution in [0.4, 0.5) is 18.9 Å². The highest BCUT2D eigenvalue weighted by molar-refractivity contribution is 7.93. The molecule has 0 radical (unpaired) electrons. The summed E-state index contributed by atoms with van der Waals surface area (Å²) < 4.78 is 75.1. The van der Waals surface area contributed by atoms with E-state index in [9.17, 15) is 26.4 Å². The number of aromatic amines is 1. The number of methoxy groups -OCH3 is 1. The first-order valence-corrected chi connectivity index (χ1v) is 9.51. The van der Waals surface area contributed by atoms with Crippen LogP contribution in [0.5, 0.6) is 11.8 Å². The SMILES string of the molecule is COc1nc(OC(F)F)c(F)cc1NS(=O)(=O)c1c[nH]c(=O)c2cc(Cl)ccc12. The van der Waals surface area contributed by atoms with Crippen molar-refractivity contribution < 1.29 is 31.1 Å². The predicted molar refractivity (Wildman–Crippen MR) is 97.8 cm³/mol. The maximum Gasteiger partial charge on any atom is 0.388 e. The molecule has 154 valence electrons. The molecule has 8 nitrogen and oxygen atoms in total. The third-order valence-corrected chi connectivity index (χ3v) is 5.30. The summed E-state index contributed by atoms with van der Waals surface area (Å²) in [6.07, 6.45) is 0.950. The van der Waals surface area contributed by atoms with Crippen LogP contribution in [0.25, 0.3) is 10.8 Å². The van der Waals surface area contributed by atoms with Gasteiger partial charge >= 0.3 is 6.61 Å². The Bertz CT molecular complexity index is 1250. The Morgan fingerprint density at radius 1 is 1.21 bits per heavy atom. The van der Waals surface area contributed by atoms with Crippen molar-refractivity contribution in [2.75, 3.05) is 11.8 Å². The third kappa shape index (κ3) is 4.22. The summed E-state index contributed by atoms with van der Waals surface area (Å²) >= 11 is 5.85. The van der Waals surface area contributed by atoms with Crippen LogP contribution < -0.4 is 19.8 Å². The number of rotatable bonds is 6. The molecule has 0 saturated heterocycles. The Morgan fingerprint density at radius 3 is 2.59 bits per heavy atom. The average molecular weight is 450 g/mol. The first kappa shape index (κ1) is 20.7. The number of H-pyrrole nitrogens is 1. The van der Waals surface area contributed by atoms with Crippen LogP contribution in [0.15, 0.2) is 40.2 Å². The van der Waals surface area contributed by atoms with Gasteiger partial charge in [0.25, 0.3) is 21.5 Å². The smallest absolute Gasteiger partial charge is 0.388 e. The first-order chi connectivity index (χ1) is 13.6. The highest BCUT2D eigenvalue weighted by atomic mass is 35.5. The van der Waals surface area contributed by atoms with Gasteiger partial charge in [-0.05, 0) is 12.1 Å². The molecule has 3 rings (SSSR count). The number of nitrogens with zero attached hydrogens (tertiary/aromatic N) is 1. The maximum absolute atomic E-state index is 14.0. The molecule has 0 spiro atoms. The topological polar surface area (TPSA) is 110 Å². The van der Waals surface area contributed by atoms with Crippen LogP contribution in [0.2, 0.25) is 5.02 Å². The number of fused-ring (bicyclic) bond motifs is 1. The van der Waals surface area contributed by atoms with Crippen molar-refractivity contribution in [1.29, 1.82) is 0 Å². The quantitative estimate of drug-likeness (QED) is 0.598. The lowest BCUT2D eigenvalue weighted by Gasteiger charge is -2.14. The molecular weight excluding hydrogens is 439 g/mol. The van der Waals surface area contributed by atoms with E-state index in [0.717, 1.165) is 13.3 Å². The molecule has 0 amide bonds. The molecule has 29 heavy (non-hydrogen) atoms. The Morgan fingerprint density at radius 2 is 1.93 bits per heavy atom. The first-order valence-electron chi connectivity index (χ1n) is 7.65. The van der Waals surface area contributed by atoms with Gasteiger partial charge in [0.1, 0.15) is 10.6 Å². The van der Waals surface area contributed by atoms with Crippen LogP contribution in [0.3, 0.4) is 0 Å². The van der Waals surface area contributed by atoms with Crippen molar-refractivity contribution in [2.45, 2.75) is 11.5 Å². The van der Waals surface area contributed by atoms with Gasteiger partial charge < -0.3 is 14.5 Å². The molecule has 0 bridgehead atoms. The molecule has 0 aliphatic rings. The number of sulfonamides is 1. The molecule has 2 N–H and O–H groups in total. The highest BCUT2D eigenvalue weighted by Gasteiger charge is 2.24. The number of halogens is 4. The number of pyridine rings is 2. The Hall–Kier alpha value is -2.99. The minimum atomic E-state index is -4.39. The lowest BCUT2D eigenvalue weighted by atomic mass is 10.2. The standard InChI is InChI=1S/C16H11ClF3N3O5S/c1-27-15-11(5-10(18)14(22-15)28-16(19)20)23-29(25,26)12-6-21-13(24)9-4-7(17)2-3-8(9)12/h2-6,16,23H,1H3,(H,21,24). The molecule has 13 heteroatoms. The number of hydrogen-bond donors (Lipinski definition) is 2. The highest BCUT2D eigenvalue weighted by Crippen LogP contribution is 2.32. The zero-order valence-electron chi connectivity index (χ0n) is 14.4. The van der Waals surface area contributed by atoms with E-state index in [1.54, 1.807) is 0 Å². The van der Waals surface area contributed by atoms with Crippen molar-refractivity contribution in [3.8, 4) is 11.8 Å². The largest absolute Gasteiger partial charge is 0.479 e. The van der Waals surface area contributed by atoms with Crippen LogP contribution in [-0.4, -0.2) is 32.1 Å². The number of hydrogen-bond acceptors (Lipinski definition) is 6. The number of aromatic nitrogens is 2. The van der Waals surface area contributed by atoms with Crippen molar-refractivity contribution in [3.63, 3.8) is 0 Å². The summed E-state index contributed by atoms with van der Waals surface area (Å²) in [6.45, 7) is -3.34. The van der Waals surface area contributed by atoms with Crippen molar-refractivity contribution in [3.05, 3.63) is 51.7 Å². The Kier molecular flexibility index (Phi) is 5.57. The van der Waals surface area contributed by atoms with E-state index in [0.29, 0.717) is 6.07 Å². The molecule has 0 saturated carbocycles. The van der Waals surface area contributed by atoms with E-state index < -0.39 is 45.5 Å². The van der Waals surface area contributed by atoms with Gasteiger partial charge in [-0.2, -0.15) is 13.8 Å².